The Kier molecular flexibility index (Phi) is 10.3. The fraction of sp³-hybridized carbons (Fsp3) is 0.391. The molecule has 6 heteroatoms. The van der Waals surface area contributed by atoms with Crippen molar-refractivity contribution >= 4 is 17.6 Å². The Morgan fingerprint density at radius 3 is 2.38 bits per heavy atom. The van der Waals surface area contributed by atoms with E-state index in [4.69, 9.17) is 14.2 Å². The number of hydrogen-bond acceptors (Lipinski definition) is 5. The van der Waals surface area contributed by atoms with Gasteiger partial charge in [0, 0.05) is 18.7 Å². The van der Waals surface area contributed by atoms with Gasteiger partial charge in [-0.15, -0.1) is 0 Å². The Labute approximate surface area is 172 Å². The highest BCUT2D eigenvalue weighted by atomic mass is 16.5. The van der Waals surface area contributed by atoms with Crippen LogP contribution in [-0.2, 0) is 25.5 Å². The molecule has 2 aromatic carbocycles. The third-order valence-electron chi connectivity index (χ3n) is 4.11. The van der Waals surface area contributed by atoms with Gasteiger partial charge in [0.15, 0.2) is 0 Å². The Bertz CT molecular complexity index is 731. The molecule has 0 radical (unpaired) electrons. The zero-order valence-corrected chi connectivity index (χ0v) is 16.9. The van der Waals surface area contributed by atoms with Crippen molar-refractivity contribution in [1.82, 2.24) is 0 Å². The van der Waals surface area contributed by atoms with Gasteiger partial charge in [-0.2, -0.15) is 0 Å². The molecule has 29 heavy (non-hydrogen) atoms. The molecular formula is C23H29NO5. The van der Waals surface area contributed by atoms with Gasteiger partial charge in [0.2, 0.25) is 5.91 Å². The Hall–Kier alpha value is -2.86. The third-order valence-corrected chi connectivity index (χ3v) is 4.11. The molecule has 0 fully saturated rings. The summed E-state index contributed by atoms with van der Waals surface area (Å²) >= 11 is 0. The van der Waals surface area contributed by atoms with Gasteiger partial charge in [-0.1, -0.05) is 30.3 Å². The van der Waals surface area contributed by atoms with Crippen LogP contribution in [0.3, 0.4) is 0 Å². The summed E-state index contributed by atoms with van der Waals surface area (Å²) in [6.45, 7) is 3.98. The average Bonchev–Trinajstić information content (AvgIpc) is 2.75. The standard InChI is InChI=1S/C23H29NO5/c1-2-27-17-18-28-21-12-10-20(11-13-21)24-22(25)14-15-23(26)29-16-6-9-19-7-4-3-5-8-19/h3-5,7-8,10-13H,2,6,9,14-18H2,1H3,(H,24,25). The summed E-state index contributed by atoms with van der Waals surface area (Å²) in [4.78, 5) is 23.8. The number of carbonyl (C=O) groups is 2. The number of hydrogen-bond donors (Lipinski definition) is 1. The Balaban J connectivity index is 1.58. The van der Waals surface area contributed by atoms with E-state index in [9.17, 15) is 9.59 Å². The van der Waals surface area contributed by atoms with Crippen molar-refractivity contribution < 1.29 is 23.8 Å². The molecule has 2 rings (SSSR count). The minimum Gasteiger partial charge on any atom is -0.491 e. The quantitative estimate of drug-likeness (QED) is 0.407. The van der Waals surface area contributed by atoms with E-state index >= 15 is 0 Å². The molecule has 2 aromatic rings. The molecule has 0 heterocycles. The topological polar surface area (TPSA) is 73.9 Å². The summed E-state index contributed by atoms with van der Waals surface area (Å²) in [5, 5.41) is 2.76. The minimum absolute atomic E-state index is 0.0653. The van der Waals surface area contributed by atoms with Crippen LogP contribution in [0.5, 0.6) is 5.75 Å². The maximum absolute atomic E-state index is 12.0. The molecule has 0 aliphatic heterocycles. The van der Waals surface area contributed by atoms with Gasteiger partial charge in [0.1, 0.15) is 12.4 Å². The molecule has 0 aliphatic carbocycles. The normalized spacial score (nSPS) is 10.4. The van der Waals surface area contributed by atoms with Crippen LogP contribution < -0.4 is 10.1 Å². The molecule has 0 unspecified atom stereocenters. The van der Waals surface area contributed by atoms with Gasteiger partial charge < -0.3 is 19.5 Å². The van der Waals surface area contributed by atoms with E-state index < -0.39 is 0 Å². The van der Waals surface area contributed by atoms with Crippen molar-refractivity contribution in [1.29, 1.82) is 0 Å². The van der Waals surface area contributed by atoms with Crippen LogP contribution in [0.2, 0.25) is 0 Å². The van der Waals surface area contributed by atoms with Crippen LogP contribution in [0.1, 0.15) is 31.7 Å². The summed E-state index contributed by atoms with van der Waals surface area (Å²) < 4.78 is 15.9. The van der Waals surface area contributed by atoms with E-state index in [0.29, 0.717) is 37.9 Å². The lowest BCUT2D eigenvalue weighted by molar-refractivity contribution is -0.144. The van der Waals surface area contributed by atoms with Crippen LogP contribution in [0.15, 0.2) is 54.6 Å². The maximum atomic E-state index is 12.0. The van der Waals surface area contributed by atoms with Gasteiger partial charge in [-0.05, 0) is 49.6 Å². The van der Waals surface area contributed by atoms with Crippen molar-refractivity contribution in [3.05, 3.63) is 60.2 Å². The first-order valence-corrected chi connectivity index (χ1v) is 9.97. The molecule has 1 N–H and O–H groups in total. The second-order valence-electron chi connectivity index (χ2n) is 6.43. The maximum Gasteiger partial charge on any atom is 0.306 e. The molecule has 0 saturated heterocycles. The number of aryl methyl sites for hydroxylation is 1. The molecule has 0 aliphatic rings. The summed E-state index contributed by atoms with van der Waals surface area (Å²) in [6, 6.07) is 17.1. The number of amides is 1. The fourth-order valence-corrected chi connectivity index (χ4v) is 2.62. The molecule has 0 spiro atoms. The fourth-order valence-electron chi connectivity index (χ4n) is 2.62. The van der Waals surface area contributed by atoms with Gasteiger partial charge in [-0.25, -0.2) is 0 Å². The van der Waals surface area contributed by atoms with E-state index in [2.05, 4.69) is 5.32 Å². The number of benzene rings is 2. The Morgan fingerprint density at radius 2 is 1.66 bits per heavy atom. The number of nitrogens with one attached hydrogen (secondary N) is 1. The van der Waals surface area contributed by atoms with Crippen LogP contribution in [0.25, 0.3) is 0 Å². The van der Waals surface area contributed by atoms with Crippen LogP contribution in [-0.4, -0.2) is 38.3 Å². The number of esters is 1. The van der Waals surface area contributed by atoms with E-state index in [1.165, 1.54) is 5.56 Å². The highest BCUT2D eigenvalue weighted by Crippen LogP contribution is 2.16. The van der Waals surface area contributed by atoms with Crippen LogP contribution >= 0.6 is 0 Å². The number of carbonyl (C=O) groups excluding carboxylic acids is 2. The molecule has 156 valence electrons. The SMILES string of the molecule is CCOCCOc1ccc(NC(=O)CCC(=O)OCCCc2ccccc2)cc1. The second-order valence-corrected chi connectivity index (χ2v) is 6.43. The monoisotopic (exact) mass is 399 g/mol. The predicted molar refractivity (Wildman–Crippen MR) is 112 cm³/mol. The minimum atomic E-state index is -0.355. The lowest BCUT2D eigenvalue weighted by atomic mass is 10.1. The first kappa shape index (κ1) is 22.4. The molecule has 0 atom stereocenters. The first-order chi connectivity index (χ1) is 14.2. The van der Waals surface area contributed by atoms with Gasteiger partial charge in [0.05, 0.1) is 19.6 Å². The van der Waals surface area contributed by atoms with Gasteiger partial charge in [0.25, 0.3) is 0 Å². The highest BCUT2D eigenvalue weighted by molar-refractivity contribution is 5.92. The van der Waals surface area contributed by atoms with E-state index in [1.807, 2.05) is 37.3 Å². The zero-order chi connectivity index (χ0) is 20.7. The van der Waals surface area contributed by atoms with E-state index in [1.54, 1.807) is 24.3 Å². The second kappa shape index (κ2) is 13.3. The largest absolute Gasteiger partial charge is 0.491 e. The molecule has 6 nitrogen and oxygen atoms in total. The summed E-state index contributed by atoms with van der Waals surface area (Å²) in [7, 11) is 0. The van der Waals surface area contributed by atoms with Crippen molar-refractivity contribution in [3.8, 4) is 5.75 Å². The molecule has 1 amide bonds. The lowest BCUT2D eigenvalue weighted by Crippen LogP contribution is -2.15. The number of anilines is 1. The Morgan fingerprint density at radius 1 is 0.897 bits per heavy atom. The smallest absolute Gasteiger partial charge is 0.306 e. The first-order valence-electron chi connectivity index (χ1n) is 9.97. The molecule has 0 aromatic heterocycles. The van der Waals surface area contributed by atoms with Gasteiger partial charge in [-0.3, -0.25) is 9.59 Å². The lowest BCUT2D eigenvalue weighted by Gasteiger charge is -2.09. The summed E-state index contributed by atoms with van der Waals surface area (Å²) in [6.07, 6.45) is 1.78. The van der Waals surface area contributed by atoms with Crippen molar-refractivity contribution in [2.75, 3.05) is 31.7 Å². The number of rotatable bonds is 13. The molecular weight excluding hydrogens is 370 g/mol. The molecule has 0 bridgehead atoms. The highest BCUT2D eigenvalue weighted by Gasteiger charge is 2.08. The van der Waals surface area contributed by atoms with Crippen molar-refractivity contribution in [3.63, 3.8) is 0 Å². The van der Waals surface area contributed by atoms with Crippen LogP contribution in [0.4, 0.5) is 5.69 Å². The number of ether oxygens (including phenoxy) is 3. The van der Waals surface area contributed by atoms with Crippen LogP contribution in [0, 0.1) is 0 Å². The van der Waals surface area contributed by atoms with Crippen molar-refractivity contribution in [2.45, 2.75) is 32.6 Å². The van der Waals surface area contributed by atoms with Crippen molar-refractivity contribution in [2.24, 2.45) is 0 Å². The third kappa shape index (κ3) is 9.76. The predicted octanol–water partition coefficient (Wildman–Crippen LogP) is 4.00. The summed E-state index contributed by atoms with van der Waals surface area (Å²) in [5.41, 5.74) is 1.87. The molecule has 0 saturated carbocycles. The van der Waals surface area contributed by atoms with Gasteiger partial charge >= 0.3 is 5.97 Å². The zero-order valence-electron chi connectivity index (χ0n) is 16.9. The van der Waals surface area contributed by atoms with E-state index in [-0.39, 0.29) is 24.7 Å². The average molecular weight is 399 g/mol. The summed E-state index contributed by atoms with van der Waals surface area (Å²) in [5.74, 6) is 0.129. The van der Waals surface area contributed by atoms with E-state index in [0.717, 1.165) is 12.8 Å².